The number of nitrogens with zero attached hydrogens (tertiary/aromatic N) is 1. The summed E-state index contributed by atoms with van der Waals surface area (Å²) in [6.07, 6.45) is 0.831. The van der Waals surface area contributed by atoms with Gasteiger partial charge in [-0.15, -0.1) is 0 Å². The smallest absolute Gasteiger partial charge is 0.322 e. The predicted molar refractivity (Wildman–Crippen MR) is 67.5 cm³/mol. The lowest BCUT2D eigenvalue weighted by molar-refractivity contribution is -0.134. The molecule has 0 unspecified atom stereocenters. The lowest BCUT2D eigenvalue weighted by Crippen LogP contribution is -2.32. The number of carbonyl (C=O) groups is 1. The Bertz CT molecular complexity index is 437. The Morgan fingerprint density at radius 1 is 1.50 bits per heavy atom. The molecule has 0 saturated heterocycles. The molecule has 2 rings (SSSR count). The monoisotopic (exact) mass is 252 g/mol. The van der Waals surface area contributed by atoms with Crippen molar-refractivity contribution in [3.05, 3.63) is 29.3 Å². The zero-order valence-corrected chi connectivity index (χ0v) is 10.2. The van der Waals surface area contributed by atoms with Crippen molar-refractivity contribution in [2.75, 3.05) is 31.6 Å². The van der Waals surface area contributed by atoms with E-state index >= 15 is 0 Å². The summed E-state index contributed by atoms with van der Waals surface area (Å²) in [6, 6.07) is 5.82. The molecule has 1 aromatic carbocycles. The number of carboxylic acid groups (broad SMARTS) is 1. The molecule has 0 spiro atoms. The molecular weight excluding hydrogens is 235 g/mol. The van der Waals surface area contributed by atoms with E-state index in [0.29, 0.717) is 6.54 Å². The van der Waals surface area contributed by atoms with Crippen molar-refractivity contribution in [2.24, 2.45) is 0 Å². The van der Waals surface area contributed by atoms with Gasteiger partial charge in [-0.25, -0.2) is 4.39 Å². The van der Waals surface area contributed by atoms with Gasteiger partial charge in [-0.3, -0.25) is 9.69 Å². The van der Waals surface area contributed by atoms with Crippen LogP contribution in [0.4, 0.5) is 10.1 Å². The molecule has 0 fully saturated rings. The number of anilines is 1. The number of hydrogen-bond donors (Lipinski definition) is 2. The van der Waals surface area contributed by atoms with E-state index in [1.165, 1.54) is 0 Å². The summed E-state index contributed by atoms with van der Waals surface area (Å²) in [4.78, 5) is 12.6. The first-order valence-corrected chi connectivity index (χ1v) is 6.05. The second-order valence-electron chi connectivity index (χ2n) is 4.41. The van der Waals surface area contributed by atoms with E-state index in [-0.39, 0.29) is 13.2 Å². The topological polar surface area (TPSA) is 52.6 Å². The quantitative estimate of drug-likeness (QED) is 0.834. The Hall–Kier alpha value is -1.62. The van der Waals surface area contributed by atoms with Gasteiger partial charge in [-0.1, -0.05) is 12.1 Å². The maximum absolute atomic E-state index is 12.3. The number of aliphatic carboxylic acids is 1. The fourth-order valence-corrected chi connectivity index (χ4v) is 2.31. The third kappa shape index (κ3) is 2.98. The highest BCUT2D eigenvalue weighted by molar-refractivity contribution is 5.73. The SMILES string of the molecule is O=C(O)CNc1cccc2c1CCN(CCF)C2. The Labute approximate surface area is 105 Å². The lowest BCUT2D eigenvalue weighted by atomic mass is 9.98. The molecule has 5 heteroatoms. The number of nitrogens with one attached hydrogen (secondary N) is 1. The summed E-state index contributed by atoms with van der Waals surface area (Å²) in [5, 5.41) is 11.6. The second-order valence-corrected chi connectivity index (χ2v) is 4.41. The van der Waals surface area contributed by atoms with Gasteiger partial charge in [0.2, 0.25) is 0 Å². The molecule has 0 bridgehead atoms. The minimum atomic E-state index is -0.873. The Morgan fingerprint density at radius 2 is 2.33 bits per heavy atom. The summed E-state index contributed by atoms with van der Waals surface area (Å²) >= 11 is 0. The summed E-state index contributed by atoms with van der Waals surface area (Å²) in [5.74, 6) is -0.873. The third-order valence-electron chi connectivity index (χ3n) is 3.18. The van der Waals surface area contributed by atoms with Crippen LogP contribution >= 0.6 is 0 Å². The van der Waals surface area contributed by atoms with Gasteiger partial charge < -0.3 is 10.4 Å². The minimum Gasteiger partial charge on any atom is -0.480 e. The minimum absolute atomic E-state index is 0.0787. The van der Waals surface area contributed by atoms with Crippen LogP contribution in [0.1, 0.15) is 11.1 Å². The summed E-state index contributed by atoms with van der Waals surface area (Å²) in [5.41, 5.74) is 3.20. The normalized spacial score (nSPS) is 15.2. The van der Waals surface area contributed by atoms with Crippen LogP contribution in [0.25, 0.3) is 0 Å². The summed E-state index contributed by atoms with van der Waals surface area (Å²) < 4.78 is 12.3. The van der Waals surface area contributed by atoms with E-state index in [0.717, 1.165) is 36.3 Å². The largest absolute Gasteiger partial charge is 0.480 e. The molecule has 0 amide bonds. The number of rotatable bonds is 5. The highest BCUT2D eigenvalue weighted by atomic mass is 19.1. The van der Waals surface area contributed by atoms with Crippen LogP contribution in [-0.4, -0.2) is 42.3 Å². The maximum Gasteiger partial charge on any atom is 0.322 e. The molecule has 0 aliphatic carbocycles. The molecule has 2 N–H and O–H groups in total. The summed E-state index contributed by atoms with van der Waals surface area (Å²) in [7, 11) is 0. The molecule has 0 atom stereocenters. The van der Waals surface area contributed by atoms with Crippen LogP contribution < -0.4 is 5.32 Å². The number of carboxylic acids is 1. The van der Waals surface area contributed by atoms with Gasteiger partial charge in [0.15, 0.2) is 0 Å². The molecule has 1 aromatic rings. The van der Waals surface area contributed by atoms with Gasteiger partial charge in [-0.2, -0.15) is 0 Å². The highest BCUT2D eigenvalue weighted by Crippen LogP contribution is 2.25. The van der Waals surface area contributed by atoms with Gasteiger partial charge >= 0.3 is 5.97 Å². The maximum atomic E-state index is 12.3. The van der Waals surface area contributed by atoms with Gasteiger partial charge in [0.1, 0.15) is 13.2 Å². The van der Waals surface area contributed by atoms with Crippen molar-refractivity contribution >= 4 is 11.7 Å². The number of alkyl halides is 1. The van der Waals surface area contributed by atoms with Crippen molar-refractivity contribution in [1.29, 1.82) is 0 Å². The van der Waals surface area contributed by atoms with Crippen LogP contribution in [0, 0.1) is 0 Å². The first kappa shape index (κ1) is 12.8. The van der Waals surface area contributed by atoms with Crippen LogP contribution in [-0.2, 0) is 17.8 Å². The van der Waals surface area contributed by atoms with Crippen molar-refractivity contribution in [3.8, 4) is 0 Å². The molecule has 1 aliphatic rings. The van der Waals surface area contributed by atoms with E-state index in [9.17, 15) is 9.18 Å². The Kier molecular flexibility index (Phi) is 4.15. The van der Waals surface area contributed by atoms with Crippen molar-refractivity contribution in [3.63, 3.8) is 0 Å². The first-order valence-electron chi connectivity index (χ1n) is 6.05. The third-order valence-corrected chi connectivity index (χ3v) is 3.18. The van der Waals surface area contributed by atoms with Crippen molar-refractivity contribution in [2.45, 2.75) is 13.0 Å². The zero-order valence-electron chi connectivity index (χ0n) is 10.2. The molecule has 4 nitrogen and oxygen atoms in total. The molecular formula is C13H17FN2O2. The molecule has 98 valence electrons. The average molecular weight is 252 g/mol. The first-order chi connectivity index (χ1) is 8.70. The molecule has 18 heavy (non-hydrogen) atoms. The fourth-order valence-electron chi connectivity index (χ4n) is 2.31. The van der Waals surface area contributed by atoms with Crippen LogP contribution in [0.15, 0.2) is 18.2 Å². The zero-order chi connectivity index (χ0) is 13.0. The lowest BCUT2D eigenvalue weighted by Gasteiger charge is -2.29. The van der Waals surface area contributed by atoms with Crippen molar-refractivity contribution < 1.29 is 14.3 Å². The van der Waals surface area contributed by atoms with E-state index < -0.39 is 5.97 Å². The van der Waals surface area contributed by atoms with E-state index in [1.54, 1.807) is 0 Å². The van der Waals surface area contributed by atoms with Crippen molar-refractivity contribution in [1.82, 2.24) is 4.90 Å². The number of hydrogen-bond acceptors (Lipinski definition) is 3. The van der Waals surface area contributed by atoms with E-state index in [4.69, 9.17) is 5.11 Å². The van der Waals surface area contributed by atoms with E-state index in [1.807, 2.05) is 18.2 Å². The number of fused-ring (bicyclic) bond motifs is 1. The standard InChI is InChI=1S/C13H17FN2O2/c14-5-7-16-6-4-11-10(9-16)2-1-3-12(11)15-8-13(17)18/h1-3,15H,4-9H2,(H,17,18). The molecule has 0 radical (unpaired) electrons. The summed E-state index contributed by atoms with van der Waals surface area (Å²) in [6.45, 7) is 1.62. The van der Waals surface area contributed by atoms with Gasteiger partial charge in [0.25, 0.3) is 0 Å². The second kappa shape index (κ2) is 5.82. The number of benzene rings is 1. The Balaban J connectivity index is 2.11. The van der Waals surface area contributed by atoms with E-state index in [2.05, 4.69) is 10.2 Å². The number of halogens is 1. The van der Waals surface area contributed by atoms with Gasteiger partial charge in [-0.05, 0) is 23.6 Å². The molecule has 1 aliphatic heterocycles. The van der Waals surface area contributed by atoms with Crippen LogP contribution in [0.5, 0.6) is 0 Å². The predicted octanol–water partition coefficient (Wildman–Crippen LogP) is 1.51. The fraction of sp³-hybridized carbons (Fsp3) is 0.462. The molecule has 1 heterocycles. The highest BCUT2D eigenvalue weighted by Gasteiger charge is 2.18. The van der Waals surface area contributed by atoms with Crippen LogP contribution in [0.3, 0.4) is 0 Å². The molecule has 0 saturated carbocycles. The average Bonchev–Trinajstić information content (AvgIpc) is 2.36. The molecule has 0 aromatic heterocycles. The Morgan fingerprint density at radius 3 is 3.06 bits per heavy atom. The van der Waals surface area contributed by atoms with Crippen LogP contribution in [0.2, 0.25) is 0 Å². The van der Waals surface area contributed by atoms with Gasteiger partial charge in [0.05, 0.1) is 0 Å². The van der Waals surface area contributed by atoms with Gasteiger partial charge in [0, 0.05) is 25.3 Å².